The number of likely N-dealkylation sites (N-methyl/N-ethyl adjacent to an activating group) is 1. The lowest BCUT2D eigenvalue weighted by atomic mass is 10.1. The van der Waals surface area contributed by atoms with E-state index >= 15 is 0 Å². The molecule has 0 spiro atoms. The molecule has 1 aromatic rings. The molecule has 1 atom stereocenters. The lowest BCUT2D eigenvalue weighted by molar-refractivity contribution is -0.122. The summed E-state index contributed by atoms with van der Waals surface area (Å²) >= 11 is 0. The van der Waals surface area contributed by atoms with Crippen molar-refractivity contribution in [1.29, 1.82) is 0 Å². The highest BCUT2D eigenvalue weighted by atomic mass is 127. The summed E-state index contributed by atoms with van der Waals surface area (Å²) in [6, 6.07) is 0. The van der Waals surface area contributed by atoms with Gasteiger partial charge in [0.15, 0.2) is 5.96 Å². The standard InChI is InChI=1S/C19H35N7O2.HI/c1-6-16-24-22-14-26(16)9-8-20-18(21-11-15-7-10-28-13-15)25(5)12-17(27)23-19(2,3)4;/h14-15H,6-13H2,1-5H3,(H,20,21)(H,23,27);1H. The Bertz CT molecular complexity index is 651. The molecule has 1 aliphatic rings. The number of guanidine groups is 1. The maximum Gasteiger partial charge on any atom is 0.240 e. The van der Waals surface area contributed by atoms with E-state index in [1.165, 1.54) is 0 Å². The van der Waals surface area contributed by atoms with Crippen molar-refractivity contribution in [2.75, 3.05) is 39.9 Å². The van der Waals surface area contributed by atoms with Gasteiger partial charge in [-0.2, -0.15) is 0 Å². The van der Waals surface area contributed by atoms with Gasteiger partial charge in [-0.3, -0.25) is 9.79 Å². The van der Waals surface area contributed by atoms with Crippen LogP contribution >= 0.6 is 24.0 Å². The Balaban J connectivity index is 0.00000420. The van der Waals surface area contributed by atoms with Gasteiger partial charge in [0.05, 0.1) is 13.2 Å². The van der Waals surface area contributed by atoms with Crippen molar-refractivity contribution < 1.29 is 9.53 Å². The summed E-state index contributed by atoms with van der Waals surface area (Å²) in [5.41, 5.74) is -0.255. The van der Waals surface area contributed by atoms with E-state index in [4.69, 9.17) is 9.73 Å². The molecule has 1 fully saturated rings. The number of rotatable bonds is 8. The molecule has 0 aliphatic carbocycles. The topological polar surface area (TPSA) is 96.7 Å². The Morgan fingerprint density at radius 1 is 1.45 bits per heavy atom. The largest absolute Gasteiger partial charge is 0.381 e. The first kappa shape index (κ1) is 25.6. The van der Waals surface area contributed by atoms with Crippen LogP contribution in [0.3, 0.4) is 0 Å². The minimum atomic E-state index is -0.255. The van der Waals surface area contributed by atoms with Gasteiger partial charge >= 0.3 is 0 Å². The van der Waals surface area contributed by atoms with E-state index < -0.39 is 0 Å². The predicted molar refractivity (Wildman–Crippen MR) is 125 cm³/mol. The second-order valence-electron chi connectivity index (χ2n) is 8.27. The van der Waals surface area contributed by atoms with Crippen LogP contribution in [0.15, 0.2) is 11.3 Å². The van der Waals surface area contributed by atoms with Gasteiger partial charge in [0.2, 0.25) is 5.91 Å². The second-order valence-corrected chi connectivity index (χ2v) is 8.27. The molecule has 0 saturated carbocycles. The summed E-state index contributed by atoms with van der Waals surface area (Å²) in [5.74, 6) is 2.10. The third-order valence-corrected chi connectivity index (χ3v) is 4.43. The molecule has 2 rings (SSSR count). The number of nitrogens with one attached hydrogen (secondary N) is 2. The maximum atomic E-state index is 12.3. The zero-order valence-electron chi connectivity index (χ0n) is 18.3. The van der Waals surface area contributed by atoms with Crippen LogP contribution in [-0.4, -0.2) is 77.0 Å². The fraction of sp³-hybridized carbons (Fsp3) is 0.789. The first-order valence-electron chi connectivity index (χ1n) is 10.0. The molecule has 0 bridgehead atoms. The highest BCUT2D eigenvalue weighted by molar-refractivity contribution is 14.0. The first-order chi connectivity index (χ1) is 13.3. The van der Waals surface area contributed by atoms with Gasteiger partial charge in [-0.05, 0) is 27.2 Å². The smallest absolute Gasteiger partial charge is 0.240 e. The van der Waals surface area contributed by atoms with Crippen LogP contribution in [0.4, 0.5) is 0 Å². The van der Waals surface area contributed by atoms with Crippen molar-refractivity contribution in [1.82, 2.24) is 30.3 Å². The highest BCUT2D eigenvalue weighted by Crippen LogP contribution is 2.12. The summed E-state index contributed by atoms with van der Waals surface area (Å²) < 4.78 is 7.47. The Morgan fingerprint density at radius 3 is 2.83 bits per heavy atom. The van der Waals surface area contributed by atoms with Crippen molar-refractivity contribution in [3.05, 3.63) is 12.2 Å². The molecule has 166 valence electrons. The van der Waals surface area contributed by atoms with Crippen LogP contribution in [0, 0.1) is 5.92 Å². The average Bonchev–Trinajstić information content (AvgIpc) is 3.27. The Hall–Kier alpha value is -1.43. The highest BCUT2D eigenvalue weighted by Gasteiger charge is 2.19. The minimum absolute atomic E-state index is 0. The quantitative estimate of drug-likeness (QED) is 0.304. The third kappa shape index (κ3) is 9.28. The number of aryl methyl sites for hydroxylation is 1. The molecule has 10 heteroatoms. The molecule has 2 N–H and O–H groups in total. The average molecular weight is 521 g/mol. The molecule has 29 heavy (non-hydrogen) atoms. The van der Waals surface area contributed by atoms with Crippen LogP contribution in [0.1, 0.15) is 39.9 Å². The number of hydrogen-bond acceptors (Lipinski definition) is 5. The van der Waals surface area contributed by atoms with Crippen molar-refractivity contribution in [2.24, 2.45) is 10.9 Å². The fourth-order valence-electron chi connectivity index (χ4n) is 3.03. The van der Waals surface area contributed by atoms with E-state index in [9.17, 15) is 4.79 Å². The molecule has 1 amide bonds. The fourth-order valence-corrected chi connectivity index (χ4v) is 3.03. The number of carbonyl (C=O) groups is 1. The molecular weight excluding hydrogens is 485 g/mol. The van der Waals surface area contributed by atoms with Gasteiger partial charge in [-0.25, -0.2) is 0 Å². The van der Waals surface area contributed by atoms with Gasteiger partial charge in [-0.1, -0.05) is 6.92 Å². The SMILES string of the molecule is CCc1nncn1CCNC(=NCC1CCOC1)N(C)CC(=O)NC(C)(C)C.I. The van der Waals surface area contributed by atoms with Crippen molar-refractivity contribution in [2.45, 2.75) is 52.6 Å². The van der Waals surface area contributed by atoms with Crippen LogP contribution in [0.5, 0.6) is 0 Å². The summed E-state index contributed by atoms with van der Waals surface area (Å²) in [6.07, 6.45) is 3.62. The minimum Gasteiger partial charge on any atom is -0.381 e. The van der Waals surface area contributed by atoms with Crippen LogP contribution in [0.25, 0.3) is 0 Å². The summed E-state index contributed by atoms with van der Waals surface area (Å²) in [7, 11) is 1.88. The number of ether oxygens (including phenoxy) is 1. The molecule has 0 radical (unpaired) electrons. The third-order valence-electron chi connectivity index (χ3n) is 4.43. The molecule has 2 heterocycles. The zero-order chi connectivity index (χ0) is 20.6. The van der Waals surface area contributed by atoms with Gasteiger partial charge in [0.1, 0.15) is 12.2 Å². The molecule has 1 unspecified atom stereocenters. The van der Waals surface area contributed by atoms with E-state index in [1.807, 2.05) is 37.3 Å². The molecule has 1 aliphatic heterocycles. The number of carbonyl (C=O) groups excluding carboxylic acids is 1. The van der Waals surface area contributed by atoms with Gasteiger partial charge in [-0.15, -0.1) is 34.2 Å². The number of hydrogen-bond donors (Lipinski definition) is 2. The normalized spacial score (nSPS) is 17.0. The maximum absolute atomic E-state index is 12.3. The van der Waals surface area contributed by atoms with E-state index in [2.05, 4.69) is 27.8 Å². The first-order valence-corrected chi connectivity index (χ1v) is 10.0. The van der Waals surface area contributed by atoms with Gasteiger partial charge in [0.25, 0.3) is 0 Å². The van der Waals surface area contributed by atoms with Gasteiger partial charge in [0, 0.05) is 51.2 Å². The number of amides is 1. The molecule has 1 saturated heterocycles. The summed E-state index contributed by atoms with van der Waals surface area (Å²) in [5, 5.41) is 14.4. The van der Waals surface area contributed by atoms with Crippen molar-refractivity contribution >= 4 is 35.8 Å². The molecule has 1 aromatic heterocycles. The van der Waals surface area contributed by atoms with Crippen molar-refractivity contribution in [3.63, 3.8) is 0 Å². The van der Waals surface area contributed by atoms with E-state index in [-0.39, 0.29) is 42.0 Å². The molecule has 9 nitrogen and oxygen atoms in total. The number of nitrogens with zero attached hydrogens (tertiary/aromatic N) is 5. The summed E-state index contributed by atoms with van der Waals surface area (Å²) in [6.45, 7) is 11.9. The number of aromatic nitrogens is 3. The van der Waals surface area contributed by atoms with Crippen LogP contribution < -0.4 is 10.6 Å². The van der Waals surface area contributed by atoms with E-state index in [1.54, 1.807) is 6.33 Å². The van der Waals surface area contributed by atoms with E-state index in [0.717, 1.165) is 44.4 Å². The monoisotopic (exact) mass is 521 g/mol. The zero-order valence-corrected chi connectivity index (χ0v) is 20.6. The lowest BCUT2D eigenvalue weighted by Crippen LogP contribution is -2.49. The Kier molecular flexibility index (Phi) is 10.9. The van der Waals surface area contributed by atoms with Gasteiger partial charge < -0.3 is 24.8 Å². The molecular formula is C19H36IN7O2. The van der Waals surface area contributed by atoms with Crippen molar-refractivity contribution in [3.8, 4) is 0 Å². The summed E-state index contributed by atoms with van der Waals surface area (Å²) in [4.78, 5) is 18.9. The Morgan fingerprint density at radius 2 is 2.21 bits per heavy atom. The second kappa shape index (κ2) is 12.3. The van der Waals surface area contributed by atoms with E-state index in [0.29, 0.717) is 19.0 Å². The Labute approximate surface area is 191 Å². The predicted octanol–water partition coefficient (Wildman–Crippen LogP) is 1.29. The van der Waals surface area contributed by atoms with Crippen LogP contribution in [0.2, 0.25) is 0 Å². The lowest BCUT2D eigenvalue weighted by Gasteiger charge is -2.26. The number of halogens is 1. The molecule has 0 aromatic carbocycles. The number of aliphatic imine (C=N–C) groups is 1. The van der Waals surface area contributed by atoms with Crippen LogP contribution in [-0.2, 0) is 22.5 Å².